The van der Waals surface area contributed by atoms with Crippen molar-refractivity contribution in [2.24, 2.45) is 0 Å². The summed E-state index contributed by atoms with van der Waals surface area (Å²) < 4.78 is 53.4. The van der Waals surface area contributed by atoms with E-state index in [0.29, 0.717) is 18.8 Å². The normalized spacial score (nSPS) is 13.3. The summed E-state index contributed by atoms with van der Waals surface area (Å²) in [6, 6.07) is 17.6. The number of amides is 2. The highest BCUT2D eigenvalue weighted by atomic mass is 32.2. The second-order valence-corrected chi connectivity index (χ2v) is 10.8. The number of fused-ring (bicyclic) bond motifs is 1. The lowest BCUT2D eigenvalue weighted by atomic mass is 10.1. The first kappa shape index (κ1) is 27.9. The molecule has 0 aliphatic carbocycles. The number of carbonyl (C=O) groups is 2. The van der Waals surface area contributed by atoms with Gasteiger partial charge in [0.25, 0.3) is 10.0 Å². The molecule has 0 unspecified atom stereocenters. The van der Waals surface area contributed by atoms with E-state index in [-0.39, 0.29) is 35.4 Å². The summed E-state index contributed by atoms with van der Waals surface area (Å²) in [6.07, 6.45) is 0.458. The Bertz CT molecular complexity index is 1420. The first-order chi connectivity index (χ1) is 18.7. The van der Waals surface area contributed by atoms with Gasteiger partial charge >= 0.3 is 0 Å². The topological polar surface area (TPSA) is 105 Å². The van der Waals surface area contributed by atoms with E-state index in [9.17, 15) is 22.4 Å². The molecule has 0 bridgehead atoms. The van der Waals surface area contributed by atoms with Gasteiger partial charge in [-0.1, -0.05) is 30.3 Å². The van der Waals surface area contributed by atoms with Crippen LogP contribution in [0.4, 0.5) is 10.1 Å². The maximum atomic E-state index is 13.9. The molecule has 2 amide bonds. The molecule has 9 nitrogen and oxygen atoms in total. The summed E-state index contributed by atoms with van der Waals surface area (Å²) >= 11 is 0. The summed E-state index contributed by atoms with van der Waals surface area (Å²) in [6.45, 7) is 1.76. The van der Waals surface area contributed by atoms with Gasteiger partial charge < -0.3 is 19.7 Å². The predicted molar refractivity (Wildman–Crippen MR) is 144 cm³/mol. The smallest absolute Gasteiger partial charge is 0.264 e. The average Bonchev–Trinajstić information content (AvgIpc) is 2.96. The Kier molecular flexibility index (Phi) is 8.70. The van der Waals surface area contributed by atoms with Crippen molar-refractivity contribution >= 4 is 27.5 Å². The molecular formula is C28H30FN3O6S. The van der Waals surface area contributed by atoms with Crippen LogP contribution in [0.5, 0.6) is 11.5 Å². The minimum atomic E-state index is -4.32. The van der Waals surface area contributed by atoms with Crippen LogP contribution in [0.2, 0.25) is 0 Å². The number of ether oxygens (including phenoxy) is 2. The van der Waals surface area contributed by atoms with Crippen molar-refractivity contribution in [2.45, 2.75) is 24.3 Å². The van der Waals surface area contributed by atoms with Crippen molar-refractivity contribution in [3.8, 4) is 11.5 Å². The van der Waals surface area contributed by atoms with Crippen LogP contribution in [0.25, 0.3) is 0 Å². The van der Waals surface area contributed by atoms with Gasteiger partial charge in [-0.25, -0.2) is 12.8 Å². The number of sulfonamides is 1. The van der Waals surface area contributed by atoms with Crippen LogP contribution in [-0.4, -0.2) is 64.5 Å². The molecule has 1 N–H and O–H groups in total. The van der Waals surface area contributed by atoms with Gasteiger partial charge in [0, 0.05) is 19.7 Å². The minimum Gasteiger partial charge on any atom is -0.486 e. The monoisotopic (exact) mass is 555 g/mol. The molecule has 0 spiro atoms. The third kappa shape index (κ3) is 6.48. The fourth-order valence-electron chi connectivity index (χ4n) is 4.23. The van der Waals surface area contributed by atoms with Gasteiger partial charge in [-0.05, 0) is 55.3 Å². The van der Waals surface area contributed by atoms with Crippen LogP contribution in [-0.2, 0) is 26.0 Å². The first-order valence-electron chi connectivity index (χ1n) is 12.4. The number of hydrogen-bond acceptors (Lipinski definition) is 6. The van der Waals surface area contributed by atoms with E-state index in [1.165, 1.54) is 42.3 Å². The van der Waals surface area contributed by atoms with Crippen LogP contribution in [0.1, 0.15) is 12.5 Å². The molecule has 1 atom stereocenters. The molecule has 1 aliphatic rings. The van der Waals surface area contributed by atoms with Gasteiger partial charge in [0.05, 0.1) is 10.6 Å². The highest BCUT2D eigenvalue weighted by Crippen LogP contribution is 2.34. The fourth-order valence-corrected chi connectivity index (χ4v) is 5.66. The number of carbonyl (C=O) groups excluding carboxylic acids is 2. The fraction of sp³-hybridized carbons (Fsp3) is 0.286. The van der Waals surface area contributed by atoms with Crippen molar-refractivity contribution < 1.29 is 31.9 Å². The molecule has 3 aromatic carbocycles. The average molecular weight is 556 g/mol. The molecule has 0 saturated heterocycles. The lowest BCUT2D eigenvalue weighted by molar-refractivity contribution is -0.138. The molecule has 3 aromatic rings. The van der Waals surface area contributed by atoms with Crippen LogP contribution in [0, 0.1) is 5.82 Å². The molecule has 4 rings (SSSR count). The number of nitrogens with one attached hydrogen (secondary N) is 1. The molecule has 1 aliphatic heterocycles. The Hall–Kier alpha value is -4.12. The largest absolute Gasteiger partial charge is 0.486 e. The quantitative estimate of drug-likeness (QED) is 0.413. The predicted octanol–water partition coefficient (Wildman–Crippen LogP) is 3.00. The summed E-state index contributed by atoms with van der Waals surface area (Å²) in [4.78, 5) is 27.4. The van der Waals surface area contributed by atoms with Gasteiger partial charge in [-0.15, -0.1) is 0 Å². The Morgan fingerprint density at radius 1 is 0.974 bits per heavy atom. The number of anilines is 1. The number of likely N-dealkylation sites (N-methyl/N-ethyl adjacent to an activating group) is 1. The molecular weight excluding hydrogens is 525 g/mol. The van der Waals surface area contributed by atoms with Crippen molar-refractivity contribution in [2.75, 3.05) is 37.7 Å². The van der Waals surface area contributed by atoms with E-state index in [4.69, 9.17) is 9.47 Å². The Balaban J connectivity index is 1.68. The maximum absolute atomic E-state index is 13.9. The lowest BCUT2D eigenvalue weighted by Gasteiger charge is -2.32. The van der Waals surface area contributed by atoms with E-state index in [0.717, 1.165) is 22.0 Å². The third-order valence-electron chi connectivity index (χ3n) is 6.39. The summed E-state index contributed by atoms with van der Waals surface area (Å²) in [7, 11) is -2.85. The standard InChI is InChI=1S/C28H30FN3O6S/c1-20(28(34)30-2)31(15-14-21-6-4-3-5-7-21)27(33)19-32(23-10-8-22(29)9-11-23)39(35,36)24-12-13-25-26(18-24)38-17-16-37-25/h3-13,18,20H,14-17,19H2,1-2H3,(H,30,34)/t20-/m1/s1. The lowest BCUT2D eigenvalue weighted by Crippen LogP contribution is -2.51. The molecule has 1 heterocycles. The van der Waals surface area contributed by atoms with Crippen LogP contribution in [0.15, 0.2) is 77.7 Å². The Morgan fingerprint density at radius 3 is 2.31 bits per heavy atom. The highest BCUT2D eigenvalue weighted by molar-refractivity contribution is 7.92. The van der Waals surface area contributed by atoms with Crippen LogP contribution < -0.4 is 19.1 Å². The van der Waals surface area contributed by atoms with Gasteiger partial charge in [0.15, 0.2) is 11.5 Å². The number of hydrogen-bond donors (Lipinski definition) is 1. The van der Waals surface area contributed by atoms with Gasteiger partial charge in [-0.2, -0.15) is 0 Å². The van der Waals surface area contributed by atoms with E-state index >= 15 is 0 Å². The maximum Gasteiger partial charge on any atom is 0.264 e. The molecule has 0 saturated carbocycles. The second-order valence-electron chi connectivity index (χ2n) is 8.91. The van der Waals surface area contributed by atoms with Crippen molar-refractivity contribution in [3.63, 3.8) is 0 Å². The van der Waals surface area contributed by atoms with Crippen LogP contribution in [0.3, 0.4) is 0 Å². The van der Waals surface area contributed by atoms with Crippen molar-refractivity contribution in [1.82, 2.24) is 10.2 Å². The van der Waals surface area contributed by atoms with Crippen LogP contribution >= 0.6 is 0 Å². The first-order valence-corrected chi connectivity index (χ1v) is 13.9. The summed E-state index contributed by atoms with van der Waals surface area (Å²) in [5, 5.41) is 2.54. The summed E-state index contributed by atoms with van der Waals surface area (Å²) in [5.74, 6) is -0.854. The second kappa shape index (κ2) is 12.2. The van der Waals surface area contributed by atoms with Crippen molar-refractivity contribution in [1.29, 1.82) is 0 Å². The SMILES string of the molecule is CNC(=O)[C@@H](C)N(CCc1ccccc1)C(=O)CN(c1ccc(F)cc1)S(=O)(=O)c1ccc2c(c1)OCCO2. The minimum absolute atomic E-state index is 0.0928. The van der Waals surface area contributed by atoms with E-state index in [1.54, 1.807) is 6.92 Å². The molecule has 0 radical (unpaired) electrons. The zero-order chi connectivity index (χ0) is 28.0. The number of benzene rings is 3. The van der Waals surface area contributed by atoms with E-state index < -0.39 is 34.3 Å². The van der Waals surface area contributed by atoms with Gasteiger partial charge in [0.1, 0.15) is 31.6 Å². The number of halogens is 1. The van der Waals surface area contributed by atoms with E-state index in [1.807, 2.05) is 30.3 Å². The molecule has 39 heavy (non-hydrogen) atoms. The Morgan fingerprint density at radius 2 is 1.64 bits per heavy atom. The zero-order valence-corrected chi connectivity index (χ0v) is 22.5. The Labute approximate surface area is 227 Å². The molecule has 11 heteroatoms. The molecule has 0 fully saturated rings. The van der Waals surface area contributed by atoms with Gasteiger partial charge in [0.2, 0.25) is 11.8 Å². The summed E-state index contributed by atoms with van der Waals surface area (Å²) in [5.41, 5.74) is 1.05. The molecule has 0 aromatic heterocycles. The number of nitrogens with zero attached hydrogens (tertiary/aromatic N) is 2. The van der Waals surface area contributed by atoms with E-state index in [2.05, 4.69) is 5.32 Å². The zero-order valence-electron chi connectivity index (χ0n) is 21.7. The number of rotatable bonds is 10. The van der Waals surface area contributed by atoms with Crippen molar-refractivity contribution in [3.05, 3.63) is 84.2 Å². The third-order valence-corrected chi connectivity index (χ3v) is 8.16. The molecule has 206 valence electrons. The highest BCUT2D eigenvalue weighted by Gasteiger charge is 2.33. The van der Waals surface area contributed by atoms with Gasteiger partial charge in [-0.3, -0.25) is 13.9 Å².